The molecule has 1 atom stereocenters. The molecule has 0 saturated carbocycles. The predicted octanol–water partition coefficient (Wildman–Crippen LogP) is -0.528. The monoisotopic (exact) mass is 194 g/mol. The van der Waals surface area contributed by atoms with Crippen molar-refractivity contribution in [3.63, 3.8) is 0 Å². The summed E-state index contributed by atoms with van der Waals surface area (Å²) in [6.45, 7) is 0.297. The molecule has 1 unspecified atom stereocenters. The zero-order chi connectivity index (χ0) is 10.1. The average Bonchev–Trinajstić information content (AvgIpc) is 2.47. The second kappa shape index (κ2) is 3.26. The Morgan fingerprint density at radius 2 is 2.21 bits per heavy atom. The van der Waals surface area contributed by atoms with Gasteiger partial charge in [0, 0.05) is 12.3 Å². The van der Waals surface area contributed by atoms with E-state index in [9.17, 15) is 14.7 Å². The van der Waals surface area contributed by atoms with Gasteiger partial charge in [0.05, 0.1) is 24.8 Å². The molecule has 0 bridgehead atoms. The summed E-state index contributed by atoms with van der Waals surface area (Å²) in [5.74, 6) is -0.121. The van der Waals surface area contributed by atoms with E-state index >= 15 is 0 Å². The fraction of sp³-hybridized carbons (Fsp3) is 0.333. The molecule has 0 aliphatic carbocycles. The van der Waals surface area contributed by atoms with Crippen LogP contribution < -0.4 is 10.5 Å². The Morgan fingerprint density at radius 3 is 2.71 bits per heavy atom. The summed E-state index contributed by atoms with van der Waals surface area (Å²) >= 11 is 0. The lowest BCUT2D eigenvalue weighted by molar-refractivity contribution is -0.117. The molecule has 74 valence electrons. The van der Waals surface area contributed by atoms with Crippen LogP contribution in [0.4, 0.5) is 5.69 Å². The molecule has 1 saturated heterocycles. The van der Waals surface area contributed by atoms with Gasteiger partial charge in [-0.2, -0.15) is 0 Å². The maximum atomic E-state index is 11.3. The average molecular weight is 194 g/mol. The number of aromatic nitrogens is 1. The third kappa shape index (κ3) is 1.54. The van der Waals surface area contributed by atoms with Gasteiger partial charge in [-0.25, -0.2) is 0 Å². The molecule has 1 fully saturated rings. The summed E-state index contributed by atoms with van der Waals surface area (Å²) in [6, 6.07) is 2.92. The molecule has 2 rings (SSSR count). The number of hydrogen-bond donors (Lipinski definition) is 2. The molecule has 2 heterocycles. The van der Waals surface area contributed by atoms with E-state index in [1.807, 2.05) is 0 Å². The van der Waals surface area contributed by atoms with Crippen molar-refractivity contribution in [2.75, 3.05) is 11.4 Å². The number of carbonyl (C=O) groups excluding carboxylic acids is 1. The van der Waals surface area contributed by atoms with Crippen molar-refractivity contribution >= 4 is 11.6 Å². The fourth-order valence-corrected chi connectivity index (χ4v) is 1.51. The molecule has 14 heavy (non-hydrogen) atoms. The van der Waals surface area contributed by atoms with Crippen LogP contribution in [0.1, 0.15) is 6.42 Å². The summed E-state index contributed by atoms with van der Waals surface area (Å²) in [7, 11) is 0. The molecule has 5 nitrogen and oxygen atoms in total. The highest BCUT2D eigenvalue weighted by Crippen LogP contribution is 2.19. The van der Waals surface area contributed by atoms with E-state index < -0.39 is 6.10 Å². The summed E-state index contributed by atoms with van der Waals surface area (Å²) in [6.07, 6.45) is 1.02. The van der Waals surface area contributed by atoms with E-state index in [0.29, 0.717) is 12.2 Å². The minimum atomic E-state index is -0.602. The first kappa shape index (κ1) is 8.96. The normalized spacial score (nSPS) is 21.6. The zero-order valence-electron chi connectivity index (χ0n) is 7.43. The van der Waals surface area contributed by atoms with Gasteiger partial charge in [-0.3, -0.25) is 9.59 Å². The van der Waals surface area contributed by atoms with E-state index in [1.54, 1.807) is 6.07 Å². The molecule has 0 aromatic carbocycles. The number of nitrogens with one attached hydrogen (secondary N) is 1. The number of anilines is 1. The van der Waals surface area contributed by atoms with Gasteiger partial charge in [-0.15, -0.1) is 0 Å². The Morgan fingerprint density at radius 1 is 1.43 bits per heavy atom. The fourth-order valence-electron chi connectivity index (χ4n) is 1.51. The van der Waals surface area contributed by atoms with Gasteiger partial charge in [-0.05, 0) is 6.07 Å². The molecule has 0 radical (unpaired) electrons. The van der Waals surface area contributed by atoms with Crippen molar-refractivity contribution in [2.45, 2.75) is 12.5 Å². The summed E-state index contributed by atoms with van der Waals surface area (Å²) in [5, 5.41) is 9.25. The van der Waals surface area contributed by atoms with Crippen LogP contribution in [0.2, 0.25) is 0 Å². The number of pyridine rings is 1. The molecular formula is C9H10N2O3. The molecule has 1 aromatic heterocycles. The SMILES string of the molecule is O=C1CC(O)CN1c1ccc(=O)[nH]c1. The van der Waals surface area contributed by atoms with E-state index in [-0.39, 0.29) is 17.9 Å². The second-order valence-electron chi connectivity index (χ2n) is 3.27. The van der Waals surface area contributed by atoms with E-state index in [4.69, 9.17) is 0 Å². The first-order valence-corrected chi connectivity index (χ1v) is 4.34. The third-order valence-corrected chi connectivity index (χ3v) is 2.18. The van der Waals surface area contributed by atoms with Gasteiger partial charge < -0.3 is 15.0 Å². The van der Waals surface area contributed by atoms with Gasteiger partial charge in [-0.1, -0.05) is 0 Å². The smallest absolute Gasteiger partial charge is 0.248 e. The maximum Gasteiger partial charge on any atom is 0.248 e. The van der Waals surface area contributed by atoms with Gasteiger partial charge in [0.25, 0.3) is 0 Å². The number of aliphatic hydroxyl groups excluding tert-OH is 1. The van der Waals surface area contributed by atoms with Crippen LogP contribution in [0.3, 0.4) is 0 Å². The van der Waals surface area contributed by atoms with Crippen LogP contribution in [-0.2, 0) is 4.79 Å². The Hall–Kier alpha value is -1.62. The predicted molar refractivity (Wildman–Crippen MR) is 50.0 cm³/mol. The van der Waals surface area contributed by atoms with Crippen molar-refractivity contribution in [2.24, 2.45) is 0 Å². The first-order valence-electron chi connectivity index (χ1n) is 4.34. The van der Waals surface area contributed by atoms with Crippen molar-refractivity contribution < 1.29 is 9.90 Å². The summed E-state index contributed by atoms with van der Waals surface area (Å²) < 4.78 is 0. The lowest BCUT2D eigenvalue weighted by atomic mass is 10.3. The van der Waals surface area contributed by atoms with E-state index in [1.165, 1.54) is 17.2 Å². The molecule has 1 amide bonds. The second-order valence-corrected chi connectivity index (χ2v) is 3.27. The standard InChI is InChI=1S/C9H10N2O3/c12-7-3-9(14)11(5-7)6-1-2-8(13)10-4-6/h1-2,4,7,12H,3,5H2,(H,10,13). The number of aromatic amines is 1. The molecule has 1 aliphatic rings. The van der Waals surface area contributed by atoms with Crippen molar-refractivity contribution in [1.82, 2.24) is 4.98 Å². The van der Waals surface area contributed by atoms with Crippen LogP contribution in [0, 0.1) is 0 Å². The van der Waals surface area contributed by atoms with Crippen molar-refractivity contribution in [1.29, 1.82) is 0 Å². The number of rotatable bonds is 1. The number of amides is 1. The highest BCUT2D eigenvalue weighted by atomic mass is 16.3. The van der Waals surface area contributed by atoms with Crippen molar-refractivity contribution in [3.05, 3.63) is 28.7 Å². The maximum absolute atomic E-state index is 11.3. The Labute approximate surface area is 80.0 Å². The van der Waals surface area contributed by atoms with Gasteiger partial charge in [0.2, 0.25) is 11.5 Å². The number of aliphatic hydroxyl groups is 1. The minimum Gasteiger partial charge on any atom is -0.391 e. The number of nitrogens with zero attached hydrogens (tertiary/aromatic N) is 1. The molecule has 1 aromatic rings. The highest BCUT2D eigenvalue weighted by molar-refractivity contribution is 5.95. The van der Waals surface area contributed by atoms with Crippen LogP contribution in [0.5, 0.6) is 0 Å². The number of carbonyl (C=O) groups is 1. The number of hydrogen-bond acceptors (Lipinski definition) is 3. The van der Waals surface area contributed by atoms with Crippen LogP contribution in [0.15, 0.2) is 23.1 Å². The quantitative estimate of drug-likeness (QED) is 0.631. The number of β-amino-alcohol motifs (C(OH)–C–C–N with tert-alkyl or cyclic N) is 1. The van der Waals surface area contributed by atoms with Crippen LogP contribution in [-0.4, -0.2) is 28.6 Å². The van der Waals surface area contributed by atoms with Crippen LogP contribution in [0.25, 0.3) is 0 Å². The van der Waals surface area contributed by atoms with Crippen molar-refractivity contribution in [3.8, 4) is 0 Å². The Bertz CT molecular complexity index is 392. The minimum absolute atomic E-state index is 0.121. The first-order chi connectivity index (χ1) is 6.66. The molecule has 0 spiro atoms. The largest absolute Gasteiger partial charge is 0.391 e. The van der Waals surface area contributed by atoms with Gasteiger partial charge in [0.15, 0.2) is 0 Å². The lowest BCUT2D eigenvalue weighted by Gasteiger charge is -2.14. The molecule has 2 N–H and O–H groups in total. The van der Waals surface area contributed by atoms with Crippen LogP contribution >= 0.6 is 0 Å². The van der Waals surface area contributed by atoms with Gasteiger partial charge >= 0.3 is 0 Å². The third-order valence-electron chi connectivity index (χ3n) is 2.18. The number of H-pyrrole nitrogens is 1. The topological polar surface area (TPSA) is 73.4 Å². The Balaban J connectivity index is 2.27. The molecule has 5 heteroatoms. The summed E-state index contributed by atoms with van der Waals surface area (Å²) in [5.41, 5.74) is 0.409. The lowest BCUT2D eigenvalue weighted by Crippen LogP contribution is -2.25. The highest BCUT2D eigenvalue weighted by Gasteiger charge is 2.28. The molecule has 1 aliphatic heterocycles. The van der Waals surface area contributed by atoms with Gasteiger partial charge in [0.1, 0.15) is 0 Å². The molecular weight excluding hydrogens is 184 g/mol. The Kier molecular flexibility index (Phi) is 2.09. The van der Waals surface area contributed by atoms with E-state index in [0.717, 1.165) is 0 Å². The van der Waals surface area contributed by atoms with E-state index in [2.05, 4.69) is 4.98 Å². The summed E-state index contributed by atoms with van der Waals surface area (Å²) in [4.78, 5) is 26.1. The zero-order valence-corrected chi connectivity index (χ0v) is 7.43.